The molecule has 21 heavy (non-hydrogen) atoms. The lowest BCUT2D eigenvalue weighted by Gasteiger charge is -2.15. The molecule has 4 rings (SSSR count). The molecule has 0 radical (unpaired) electrons. The van der Waals surface area contributed by atoms with E-state index >= 15 is 0 Å². The molecule has 1 aromatic carbocycles. The lowest BCUT2D eigenvalue weighted by molar-refractivity contribution is 0.0971. The summed E-state index contributed by atoms with van der Waals surface area (Å²) in [7, 11) is 2.12. The summed E-state index contributed by atoms with van der Waals surface area (Å²) < 4.78 is 0. The molecular formula is C17H17N3O. The van der Waals surface area contributed by atoms with E-state index in [-0.39, 0.29) is 5.78 Å². The van der Waals surface area contributed by atoms with E-state index in [0.29, 0.717) is 12.0 Å². The summed E-state index contributed by atoms with van der Waals surface area (Å²) in [6, 6.07) is 6.41. The third-order valence-corrected chi connectivity index (χ3v) is 4.45. The first-order valence-corrected chi connectivity index (χ1v) is 7.46. The minimum Gasteiger partial charge on any atom is -0.374 e. The fourth-order valence-corrected chi connectivity index (χ4v) is 3.24. The number of hydrogen-bond donors (Lipinski definition) is 0. The number of aromatic nitrogens is 2. The Morgan fingerprint density at radius 2 is 2.10 bits per heavy atom. The molecule has 0 saturated heterocycles. The van der Waals surface area contributed by atoms with Gasteiger partial charge in [-0.2, -0.15) is 0 Å². The number of ketones is 1. The van der Waals surface area contributed by atoms with Crippen molar-refractivity contribution in [1.29, 1.82) is 0 Å². The predicted octanol–water partition coefficient (Wildman–Crippen LogP) is 2.65. The smallest absolute Gasteiger partial charge is 0.166 e. The summed E-state index contributed by atoms with van der Waals surface area (Å²) in [5, 5.41) is 0. The highest BCUT2D eigenvalue weighted by molar-refractivity contribution is 5.97. The molecule has 1 aliphatic heterocycles. The fraction of sp³-hybridized carbons (Fsp3) is 0.353. The van der Waals surface area contributed by atoms with Crippen molar-refractivity contribution >= 4 is 11.5 Å². The number of Topliss-reactive ketones (excluding diaryl/α,β-unsaturated/α-hetero) is 1. The molecule has 1 aliphatic carbocycles. The van der Waals surface area contributed by atoms with Crippen LogP contribution in [0, 0.1) is 0 Å². The second-order valence-corrected chi connectivity index (χ2v) is 5.85. The molecule has 106 valence electrons. The lowest BCUT2D eigenvalue weighted by Crippen LogP contribution is -2.14. The van der Waals surface area contributed by atoms with Gasteiger partial charge < -0.3 is 4.90 Å². The molecule has 4 nitrogen and oxygen atoms in total. The van der Waals surface area contributed by atoms with Crippen LogP contribution in [-0.4, -0.2) is 29.3 Å². The van der Waals surface area contributed by atoms with Crippen molar-refractivity contribution in [2.45, 2.75) is 25.7 Å². The normalized spacial score (nSPS) is 16.8. The molecule has 0 saturated carbocycles. The second-order valence-electron chi connectivity index (χ2n) is 5.85. The average Bonchev–Trinajstić information content (AvgIpc) is 2.88. The number of anilines is 1. The molecule has 0 amide bonds. The molecule has 0 spiro atoms. The lowest BCUT2D eigenvalue weighted by atomic mass is 9.96. The van der Waals surface area contributed by atoms with Gasteiger partial charge in [-0.1, -0.05) is 0 Å². The number of aryl methyl sites for hydroxylation is 1. The van der Waals surface area contributed by atoms with Gasteiger partial charge in [0.05, 0.1) is 11.3 Å². The molecule has 0 fully saturated rings. The topological polar surface area (TPSA) is 46.1 Å². The van der Waals surface area contributed by atoms with Crippen LogP contribution in [0.2, 0.25) is 0 Å². The van der Waals surface area contributed by atoms with Crippen LogP contribution < -0.4 is 4.90 Å². The van der Waals surface area contributed by atoms with E-state index in [1.807, 2.05) is 0 Å². The van der Waals surface area contributed by atoms with Gasteiger partial charge in [0.2, 0.25) is 0 Å². The quantitative estimate of drug-likeness (QED) is 0.805. The van der Waals surface area contributed by atoms with E-state index in [1.165, 1.54) is 11.3 Å². The number of fused-ring (bicyclic) bond motifs is 2. The fourth-order valence-electron chi connectivity index (χ4n) is 3.24. The van der Waals surface area contributed by atoms with Crippen LogP contribution in [-0.2, 0) is 12.8 Å². The van der Waals surface area contributed by atoms with Gasteiger partial charge in [-0.25, -0.2) is 9.97 Å². The Bertz CT molecular complexity index is 739. The Morgan fingerprint density at radius 1 is 1.19 bits per heavy atom. The van der Waals surface area contributed by atoms with Gasteiger partial charge >= 0.3 is 0 Å². The summed E-state index contributed by atoms with van der Waals surface area (Å²) in [6.45, 7) is 1.07. The largest absolute Gasteiger partial charge is 0.374 e. The number of carbonyl (C=O) groups excluding carboxylic acids is 1. The van der Waals surface area contributed by atoms with E-state index < -0.39 is 0 Å². The van der Waals surface area contributed by atoms with Crippen molar-refractivity contribution in [2.24, 2.45) is 0 Å². The highest BCUT2D eigenvalue weighted by atomic mass is 16.1. The van der Waals surface area contributed by atoms with Gasteiger partial charge in [0.15, 0.2) is 11.6 Å². The van der Waals surface area contributed by atoms with Crippen LogP contribution in [0.15, 0.2) is 24.4 Å². The molecule has 0 unspecified atom stereocenters. The number of rotatable bonds is 1. The maximum atomic E-state index is 11.8. The van der Waals surface area contributed by atoms with Crippen LogP contribution in [0.4, 0.5) is 5.69 Å². The van der Waals surface area contributed by atoms with E-state index in [9.17, 15) is 4.79 Å². The number of nitrogens with zero attached hydrogens (tertiary/aromatic N) is 3. The summed E-state index contributed by atoms with van der Waals surface area (Å²) in [4.78, 5) is 23.2. The summed E-state index contributed by atoms with van der Waals surface area (Å²) in [5.41, 5.74) is 5.32. The van der Waals surface area contributed by atoms with E-state index in [2.05, 4.69) is 40.1 Å². The number of carbonyl (C=O) groups is 1. The molecule has 2 aliphatic rings. The van der Waals surface area contributed by atoms with Crippen LogP contribution in [0.3, 0.4) is 0 Å². The first-order valence-electron chi connectivity index (χ1n) is 7.46. The van der Waals surface area contributed by atoms with Crippen molar-refractivity contribution in [3.63, 3.8) is 0 Å². The first-order chi connectivity index (χ1) is 10.2. The second kappa shape index (κ2) is 4.65. The number of hydrogen-bond acceptors (Lipinski definition) is 4. The van der Waals surface area contributed by atoms with Crippen molar-refractivity contribution in [1.82, 2.24) is 9.97 Å². The van der Waals surface area contributed by atoms with Crippen LogP contribution in [0.1, 0.15) is 34.5 Å². The highest BCUT2D eigenvalue weighted by Crippen LogP contribution is 2.30. The minimum absolute atomic E-state index is 0.179. The van der Waals surface area contributed by atoms with Crippen LogP contribution >= 0.6 is 0 Å². The zero-order valence-electron chi connectivity index (χ0n) is 12.1. The third-order valence-electron chi connectivity index (χ3n) is 4.45. The van der Waals surface area contributed by atoms with Gasteiger partial charge in [0.1, 0.15) is 0 Å². The van der Waals surface area contributed by atoms with Gasteiger partial charge in [-0.15, -0.1) is 0 Å². The summed E-state index contributed by atoms with van der Waals surface area (Å²) in [5.74, 6) is 0.916. The van der Waals surface area contributed by atoms with Gasteiger partial charge in [0, 0.05) is 37.5 Å². The Kier molecular flexibility index (Phi) is 2.77. The van der Waals surface area contributed by atoms with Crippen LogP contribution in [0.5, 0.6) is 0 Å². The van der Waals surface area contributed by atoms with E-state index in [4.69, 9.17) is 0 Å². The van der Waals surface area contributed by atoms with Gasteiger partial charge in [-0.05, 0) is 43.0 Å². The molecule has 0 bridgehead atoms. The average molecular weight is 279 g/mol. The Labute approximate surface area is 123 Å². The molecule has 4 heteroatoms. The molecular weight excluding hydrogens is 262 g/mol. The van der Waals surface area contributed by atoms with Crippen molar-refractivity contribution < 1.29 is 4.79 Å². The first kappa shape index (κ1) is 12.5. The summed E-state index contributed by atoms with van der Waals surface area (Å²) >= 11 is 0. The SMILES string of the molecule is CN1CCc2cc(-c3ncc4c(n3)CCCC4=O)ccc21. The predicted molar refractivity (Wildman–Crippen MR) is 81.7 cm³/mol. The molecule has 2 heterocycles. The Hall–Kier alpha value is -2.23. The zero-order chi connectivity index (χ0) is 14.4. The van der Waals surface area contributed by atoms with Gasteiger partial charge in [0.25, 0.3) is 0 Å². The minimum atomic E-state index is 0.179. The highest BCUT2D eigenvalue weighted by Gasteiger charge is 2.21. The van der Waals surface area contributed by atoms with Gasteiger partial charge in [-0.3, -0.25) is 4.79 Å². The third kappa shape index (κ3) is 2.02. The van der Waals surface area contributed by atoms with Crippen molar-refractivity contribution in [2.75, 3.05) is 18.5 Å². The molecule has 0 N–H and O–H groups in total. The Morgan fingerprint density at radius 3 is 3.00 bits per heavy atom. The Balaban J connectivity index is 1.76. The van der Waals surface area contributed by atoms with Crippen molar-refractivity contribution in [3.8, 4) is 11.4 Å². The molecule has 1 aromatic heterocycles. The number of likely N-dealkylation sites (N-methyl/N-ethyl adjacent to an activating group) is 1. The molecule has 0 atom stereocenters. The molecule has 2 aromatic rings. The zero-order valence-corrected chi connectivity index (χ0v) is 12.1. The summed E-state index contributed by atoms with van der Waals surface area (Å²) in [6.07, 6.45) is 5.18. The van der Waals surface area contributed by atoms with E-state index in [1.54, 1.807) is 6.20 Å². The van der Waals surface area contributed by atoms with E-state index in [0.717, 1.165) is 42.9 Å². The monoisotopic (exact) mass is 279 g/mol. The van der Waals surface area contributed by atoms with Crippen LogP contribution in [0.25, 0.3) is 11.4 Å². The van der Waals surface area contributed by atoms with Crippen molar-refractivity contribution in [3.05, 3.63) is 41.2 Å². The maximum Gasteiger partial charge on any atom is 0.166 e. The standard InChI is InChI=1S/C17H17N3O/c1-20-8-7-11-9-12(5-6-15(11)20)17-18-10-13-14(19-17)3-2-4-16(13)21/h5-6,9-10H,2-4,7-8H2,1H3. The maximum absolute atomic E-state index is 11.8. The number of benzene rings is 1.